The number of thioether (sulfide) groups is 1. The predicted molar refractivity (Wildman–Crippen MR) is 128 cm³/mol. The van der Waals surface area contributed by atoms with Gasteiger partial charge in [0.1, 0.15) is 12.4 Å². The lowest BCUT2D eigenvalue weighted by Crippen LogP contribution is -2.20. The summed E-state index contributed by atoms with van der Waals surface area (Å²) in [7, 11) is 1.64. The van der Waals surface area contributed by atoms with Gasteiger partial charge in [-0.2, -0.15) is 11.8 Å². The van der Waals surface area contributed by atoms with Gasteiger partial charge in [0.05, 0.1) is 25.4 Å². The fraction of sp³-hybridized carbons (Fsp3) is 0.600. The molecule has 0 amide bonds. The Bertz CT molecular complexity index is 767. The second-order valence-electron chi connectivity index (χ2n) is 8.28. The normalized spacial score (nSPS) is 21.6. The molecule has 1 saturated carbocycles. The molecule has 0 aliphatic heterocycles. The summed E-state index contributed by atoms with van der Waals surface area (Å²) in [5.74, 6) is 0.740. The van der Waals surface area contributed by atoms with E-state index < -0.39 is 12.2 Å². The highest BCUT2D eigenvalue weighted by atomic mass is 32.2. The van der Waals surface area contributed by atoms with Crippen molar-refractivity contribution in [2.24, 2.45) is 11.8 Å². The molecule has 0 unspecified atom stereocenters. The molecular formula is C25H36O7S. The van der Waals surface area contributed by atoms with Crippen LogP contribution in [0.15, 0.2) is 36.4 Å². The van der Waals surface area contributed by atoms with Crippen molar-refractivity contribution in [2.45, 2.75) is 50.9 Å². The third-order valence-electron chi connectivity index (χ3n) is 5.63. The van der Waals surface area contributed by atoms with Crippen molar-refractivity contribution in [3.05, 3.63) is 47.5 Å². The van der Waals surface area contributed by atoms with Crippen LogP contribution in [0.4, 0.5) is 0 Å². The van der Waals surface area contributed by atoms with Crippen LogP contribution in [-0.4, -0.2) is 71.1 Å². The van der Waals surface area contributed by atoms with Gasteiger partial charge in [0.25, 0.3) is 0 Å². The molecule has 1 aromatic carbocycles. The van der Waals surface area contributed by atoms with E-state index in [0.717, 1.165) is 22.6 Å². The average molecular weight is 481 g/mol. The molecule has 0 bridgehead atoms. The maximum atomic E-state index is 12.4. The Hall–Kier alpha value is -1.71. The van der Waals surface area contributed by atoms with Gasteiger partial charge in [-0.25, -0.2) is 0 Å². The van der Waals surface area contributed by atoms with E-state index in [0.29, 0.717) is 32.3 Å². The van der Waals surface area contributed by atoms with E-state index in [1.165, 1.54) is 0 Å². The van der Waals surface area contributed by atoms with Crippen LogP contribution in [0, 0.1) is 11.8 Å². The minimum atomic E-state index is -0.720. The van der Waals surface area contributed by atoms with Gasteiger partial charge in [-0.3, -0.25) is 9.59 Å². The molecule has 8 heteroatoms. The largest absolute Gasteiger partial charge is 0.463 e. The van der Waals surface area contributed by atoms with E-state index in [2.05, 4.69) is 0 Å². The molecule has 2 rings (SSSR count). The number of methoxy groups -OCH3 is 1. The summed E-state index contributed by atoms with van der Waals surface area (Å²) in [6.07, 6.45) is 4.30. The third kappa shape index (κ3) is 9.98. The minimum absolute atomic E-state index is 0.0297. The Balaban J connectivity index is 1.78. The number of carbonyl (C=O) groups is 2. The van der Waals surface area contributed by atoms with Gasteiger partial charge in [0.15, 0.2) is 0 Å². The molecular weight excluding hydrogens is 444 g/mol. The molecule has 3 N–H and O–H groups in total. The molecule has 0 saturated heterocycles. The van der Waals surface area contributed by atoms with Crippen LogP contribution in [-0.2, 0) is 32.1 Å². The molecule has 184 valence electrons. The molecule has 1 aliphatic carbocycles. The Labute approximate surface area is 200 Å². The zero-order valence-electron chi connectivity index (χ0n) is 19.2. The number of ketones is 1. The zero-order chi connectivity index (χ0) is 24.1. The summed E-state index contributed by atoms with van der Waals surface area (Å²) in [5.41, 5.74) is 2.04. The number of aliphatic hydroxyl groups is 3. The Kier molecular flexibility index (Phi) is 12.7. The monoisotopic (exact) mass is 480 g/mol. The number of carbonyl (C=O) groups excluding carboxylic acids is 2. The summed E-state index contributed by atoms with van der Waals surface area (Å²) >= 11 is 1.67. The first-order valence-electron chi connectivity index (χ1n) is 11.4. The molecule has 4 atom stereocenters. The number of rotatable bonds is 15. The maximum Gasteiger partial charge on any atom is 0.305 e. The first-order chi connectivity index (χ1) is 15.9. The average Bonchev–Trinajstić information content (AvgIpc) is 3.05. The number of Topliss-reactive ketones (excluding diaryl/α,β-unsaturated/α-hetero) is 1. The van der Waals surface area contributed by atoms with E-state index in [4.69, 9.17) is 14.6 Å². The van der Waals surface area contributed by atoms with E-state index in [9.17, 15) is 19.8 Å². The van der Waals surface area contributed by atoms with Gasteiger partial charge < -0.3 is 24.8 Å². The van der Waals surface area contributed by atoms with Crippen molar-refractivity contribution in [2.75, 3.05) is 31.8 Å². The maximum absolute atomic E-state index is 12.4. The minimum Gasteiger partial charge on any atom is -0.463 e. The fourth-order valence-corrected chi connectivity index (χ4v) is 5.01. The molecule has 1 aliphatic rings. The van der Waals surface area contributed by atoms with Crippen LogP contribution < -0.4 is 0 Å². The third-order valence-corrected chi connectivity index (χ3v) is 6.73. The predicted octanol–water partition coefficient (Wildman–Crippen LogP) is 2.30. The first kappa shape index (κ1) is 27.5. The van der Waals surface area contributed by atoms with Crippen LogP contribution in [0.1, 0.15) is 36.8 Å². The van der Waals surface area contributed by atoms with E-state index >= 15 is 0 Å². The summed E-state index contributed by atoms with van der Waals surface area (Å²) in [4.78, 5) is 23.8. The van der Waals surface area contributed by atoms with Crippen LogP contribution >= 0.6 is 11.8 Å². The summed E-state index contributed by atoms with van der Waals surface area (Å²) in [6, 6.07) is 7.87. The second-order valence-corrected chi connectivity index (χ2v) is 9.50. The summed E-state index contributed by atoms with van der Waals surface area (Å²) in [6.45, 7) is 0.377. The Morgan fingerprint density at radius 1 is 1.30 bits per heavy atom. The number of hydrogen-bond donors (Lipinski definition) is 3. The molecule has 0 spiro atoms. The highest BCUT2D eigenvalue weighted by molar-refractivity contribution is 7.99. The molecule has 0 radical (unpaired) electrons. The van der Waals surface area contributed by atoms with Crippen LogP contribution in [0.25, 0.3) is 0 Å². The van der Waals surface area contributed by atoms with E-state index in [-0.39, 0.29) is 43.2 Å². The molecule has 1 aromatic rings. The first-order valence-corrected chi connectivity index (χ1v) is 12.6. The van der Waals surface area contributed by atoms with Gasteiger partial charge in [-0.1, -0.05) is 36.4 Å². The fourth-order valence-electron chi connectivity index (χ4n) is 4.03. The standard InChI is InChI=1S/C25H36O7S/c1-31-17-19-5-2-4-18(14-19)15-20(27)7-8-21-22(24(29)16-23(21)28)9-13-33-12-3-6-25(30)32-11-10-26/h2,4-5,7-8,14,20-23,26-28H,3,6,9-13,15-17H2,1H3/t20-,21-,22-,23-/m1/s1. The zero-order valence-corrected chi connectivity index (χ0v) is 20.0. The number of hydrogen-bond acceptors (Lipinski definition) is 8. The van der Waals surface area contributed by atoms with Crippen LogP contribution in [0.5, 0.6) is 0 Å². The number of benzene rings is 1. The van der Waals surface area contributed by atoms with Gasteiger partial charge in [0, 0.05) is 38.2 Å². The summed E-state index contributed by atoms with van der Waals surface area (Å²) < 4.78 is 9.96. The number of esters is 1. The van der Waals surface area contributed by atoms with Gasteiger partial charge in [0.2, 0.25) is 0 Å². The lowest BCUT2D eigenvalue weighted by Gasteiger charge is -2.18. The van der Waals surface area contributed by atoms with Crippen molar-refractivity contribution < 1.29 is 34.4 Å². The highest BCUT2D eigenvalue weighted by Crippen LogP contribution is 2.34. The lowest BCUT2D eigenvalue weighted by molar-refractivity contribution is -0.144. The number of aliphatic hydroxyl groups excluding tert-OH is 3. The molecule has 0 heterocycles. The smallest absolute Gasteiger partial charge is 0.305 e. The van der Waals surface area contributed by atoms with E-state index in [1.54, 1.807) is 31.0 Å². The molecule has 1 fully saturated rings. The van der Waals surface area contributed by atoms with E-state index in [1.807, 2.05) is 24.3 Å². The molecule has 0 aromatic heterocycles. The quantitative estimate of drug-likeness (QED) is 0.199. The van der Waals surface area contributed by atoms with Crippen molar-refractivity contribution in [1.82, 2.24) is 0 Å². The van der Waals surface area contributed by atoms with Crippen molar-refractivity contribution >= 4 is 23.5 Å². The van der Waals surface area contributed by atoms with Crippen LogP contribution in [0.3, 0.4) is 0 Å². The van der Waals surface area contributed by atoms with Gasteiger partial charge >= 0.3 is 5.97 Å². The molecule has 33 heavy (non-hydrogen) atoms. The second kappa shape index (κ2) is 15.2. The van der Waals surface area contributed by atoms with Gasteiger partial charge in [-0.05, 0) is 35.5 Å². The van der Waals surface area contributed by atoms with Crippen molar-refractivity contribution in [1.29, 1.82) is 0 Å². The highest BCUT2D eigenvalue weighted by Gasteiger charge is 2.39. The Morgan fingerprint density at radius 3 is 2.85 bits per heavy atom. The topological polar surface area (TPSA) is 113 Å². The van der Waals surface area contributed by atoms with Crippen LogP contribution in [0.2, 0.25) is 0 Å². The van der Waals surface area contributed by atoms with Crippen molar-refractivity contribution in [3.8, 4) is 0 Å². The number of ether oxygens (including phenoxy) is 2. The molecule has 7 nitrogen and oxygen atoms in total. The SMILES string of the molecule is COCc1cccc(C[C@H](O)C=C[C@H]2[C@H](O)CC(=O)[C@@H]2CCSCCCC(=O)OCCO)c1. The lowest BCUT2D eigenvalue weighted by atomic mass is 9.91. The van der Waals surface area contributed by atoms with Crippen molar-refractivity contribution in [3.63, 3.8) is 0 Å². The Morgan fingerprint density at radius 2 is 2.09 bits per heavy atom. The van der Waals surface area contributed by atoms with Gasteiger partial charge in [-0.15, -0.1) is 0 Å². The summed E-state index contributed by atoms with van der Waals surface area (Å²) in [5, 5.41) is 29.4.